The van der Waals surface area contributed by atoms with Gasteiger partial charge in [-0.1, -0.05) is 12.1 Å². The molecule has 0 amide bonds. The zero-order valence-electron chi connectivity index (χ0n) is 13.7. The molecule has 1 N–H and O–H groups in total. The highest BCUT2D eigenvalue weighted by molar-refractivity contribution is 7.89. The zero-order valence-corrected chi connectivity index (χ0v) is 15.3. The number of benzene rings is 1. The molecule has 134 valence electrons. The molecule has 2 aliphatic heterocycles. The first-order valence-corrected chi connectivity index (χ1v) is 10.6. The summed E-state index contributed by atoms with van der Waals surface area (Å²) in [4.78, 5) is 8.82. The molecular formula is C17H16N4O3S2. The number of anilines is 1. The number of nitrogens with one attached hydrogen (secondary N) is 1. The lowest BCUT2D eigenvalue weighted by molar-refractivity contribution is 0.240. The Morgan fingerprint density at radius 3 is 3.04 bits per heavy atom. The van der Waals surface area contributed by atoms with Crippen LogP contribution >= 0.6 is 11.3 Å². The number of thiophene rings is 1. The summed E-state index contributed by atoms with van der Waals surface area (Å²) in [6.07, 6.45) is 2.20. The molecular weight excluding hydrogens is 372 g/mol. The van der Waals surface area contributed by atoms with Gasteiger partial charge in [0.25, 0.3) is 0 Å². The van der Waals surface area contributed by atoms with Crippen molar-refractivity contribution in [3.05, 3.63) is 42.0 Å². The number of sulfonamides is 1. The van der Waals surface area contributed by atoms with Gasteiger partial charge in [0.05, 0.1) is 16.3 Å². The monoisotopic (exact) mass is 388 g/mol. The third-order valence-electron chi connectivity index (χ3n) is 4.82. The predicted molar refractivity (Wildman–Crippen MR) is 99.1 cm³/mol. The van der Waals surface area contributed by atoms with Gasteiger partial charge in [0.15, 0.2) is 0 Å². The fourth-order valence-electron chi connectivity index (χ4n) is 3.62. The molecule has 1 aromatic carbocycles. The molecule has 1 fully saturated rings. The van der Waals surface area contributed by atoms with Gasteiger partial charge < -0.3 is 10.1 Å². The fourth-order valence-corrected chi connectivity index (χ4v) is 6.21. The van der Waals surface area contributed by atoms with Crippen LogP contribution in [0.25, 0.3) is 10.2 Å². The Balaban J connectivity index is 1.45. The van der Waals surface area contributed by atoms with E-state index >= 15 is 0 Å². The normalized spacial score (nSPS) is 24.5. The van der Waals surface area contributed by atoms with Crippen LogP contribution in [0, 0.1) is 0 Å². The lowest BCUT2D eigenvalue weighted by Gasteiger charge is -2.19. The van der Waals surface area contributed by atoms with Crippen LogP contribution in [-0.4, -0.2) is 47.9 Å². The molecule has 0 radical (unpaired) electrons. The minimum atomic E-state index is -3.57. The highest BCUT2D eigenvalue weighted by Gasteiger charge is 2.43. The second kappa shape index (κ2) is 5.90. The molecule has 0 bridgehead atoms. The Hall–Kier alpha value is -2.23. The Morgan fingerprint density at radius 2 is 2.12 bits per heavy atom. The zero-order chi connectivity index (χ0) is 17.7. The molecule has 0 saturated carbocycles. The van der Waals surface area contributed by atoms with E-state index in [2.05, 4.69) is 15.3 Å². The maximum Gasteiger partial charge on any atom is 0.247 e. The summed E-state index contributed by atoms with van der Waals surface area (Å²) in [5, 5.41) is 5.38. The van der Waals surface area contributed by atoms with Crippen LogP contribution in [0.5, 0.6) is 5.75 Å². The molecule has 9 heteroatoms. The summed E-state index contributed by atoms with van der Waals surface area (Å²) >= 11 is 1.57. The van der Waals surface area contributed by atoms with E-state index in [0.29, 0.717) is 25.3 Å². The van der Waals surface area contributed by atoms with E-state index in [9.17, 15) is 8.42 Å². The van der Waals surface area contributed by atoms with E-state index < -0.39 is 10.0 Å². The average molecular weight is 388 g/mol. The summed E-state index contributed by atoms with van der Waals surface area (Å²) < 4.78 is 34.5. The minimum Gasteiger partial charge on any atom is -0.490 e. The van der Waals surface area contributed by atoms with Crippen LogP contribution in [-0.2, 0) is 10.0 Å². The lowest BCUT2D eigenvalue weighted by Crippen LogP contribution is -2.37. The van der Waals surface area contributed by atoms with E-state index in [1.54, 1.807) is 39.9 Å². The quantitative estimate of drug-likeness (QED) is 0.725. The van der Waals surface area contributed by atoms with Gasteiger partial charge in [-0.2, -0.15) is 4.31 Å². The number of ether oxygens (including phenoxy) is 1. The van der Waals surface area contributed by atoms with E-state index in [1.165, 1.54) is 6.33 Å². The molecule has 7 nitrogen and oxygen atoms in total. The van der Waals surface area contributed by atoms with Gasteiger partial charge in [-0.3, -0.25) is 0 Å². The fraction of sp³-hybridized carbons (Fsp3) is 0.294. The van der Waals surface area contributed by atoms with Crippen LogP contribution in [0.1, 0.15) is 6.42 Å². The van der Waals surface area contributed by atoms with Gasteiger partial charge in [-0.05, 0) is 30.0 Å². The summed E-state index contributed by atoms with van der Waals surface area (Å²) in [7, 11) is -3.57. The number of nitrogens with zero attached hydrogens (tertiary/aromatic N) is 3. The van der Waals surface area contributed by atoms with E-state index in [0.717, 1.165) is 16.0 Å². The molecule has 3 aromatic rings. The molecule has 0 aliphatic carbocycles. The van der Waals surface area contributed by atoms with E-state index in [4.69, 9.17) is 4.74 Å². The number of aromatic nitrogens is 2. The highest BCUT2D eigenvalue weighted by Crippen LogP contribution is 2.36. The van der Waals surface area contributed by atoms with Crippen LogP contribution in [0.15, 0.2) is 46.9 Å². The lowest BCUT2D eigenvalue weighted by atomic mass is 10.2. The Kier molecular flexibility index (Phi) is 3.63. The van der Waals surface area contributed by atoms with Crippen molar-refractivity contribution in [1.82, 2.24) is 14.3 Å². The number of rotatable bonds is 2. The first-order valence-electron chi connectivity index (χ1n) is 8.31. The second-order valence-corrected chi connectivity index (χ2v) is 9.20. The highest BCUT2D eigenvalue weighted by atomic mass is 32.2. The Morgan fingerprint density at radius 1 is 1.23 bits per heavy atom. The van der Waals surface area contributed by atoms with Gasteiger partial charge in [0.1, 0.15) is 29.4 Å². The molecule has 0 spiro atoms. The third-order valence-corrected chi connectivity index (χ3v) is 7.68. The van der Waals surface area contributed by atoms with Crippen LogP contribution in [0.2, 0.25) is 0 Å². The van der Waals surface area contributed by atoms with Crippen LogP contribution < -0.4 is 10.1 Å². The topological polar surface area (TPSA) is 84.4 Å². The number of para-hydroxylation sites is 1. The number of fused-ring (bicyclic) bond motifs is 3. The van der Waals surface area contributed by atoms with Crippen molar-refractivity contribution in [3.63, 3.8) is 0 Å². The third kappa shape index (κ3) is 2.46. The van der Waals surface area contributed by atoms with Gasteiger partial charge in [-0.25, -0.2) is 18.4 Å². The maximum absolute atomic E-state index is 13.1. The summed E-state index contributed by atoms with van der Waals surface area (Å²) in [5.74, 6) is 1.19. The molecule has 0 unspecified atom stereocenters. The van der Waals surface area contributed by atoms with Crippen LogP contribution in [0.3, 0.4) is 0 Å². The van der Waals surface area contributed by atoms with Crippen molar-refractivity contribution in [2.24, 2.45) is 0 Å². The van der Waals surface area contributed by atoms with Gasteiger partial charge in [0, 0.05) is 12.6 Å². The summed E-state index contributed by atoms with van der Waals surface area (Å²) in [6, 6.07) is 8.56. The molecule has 2 aromatic heterocycles. The number of hydrogen-bond donors (Lipinski definition) is 1. The van der Waals surface area contributed by atoms with Crippen molar-refractivity contribution in [2.75, 3.05) is 18.5 Å². The smallest absolute Gasteiger partial charge is 0.247 e. The van der Waals surface area contributed by atoms with E-state index in [1.807, 2.05) is 11.4 Å². The second-order valence-electron chi connectivity index (χ2n) is 6.42. The van der Waals surface area contributed by atoms with Crippen molar-refractivity contribution in [2.45, 2.75) is 23.4 Å². The van der Waals surface area contributed by atoms with Crippen molar-refractivity contribution in [1.29, 1.82) is 0 Å². The average Bonchev–Trinajstić information content (AvgIpc) is 3.26. The first-order chi connectivity index (χ1) is 12.6. The molecule has 1 saturated heterocycles. The van der Waals surface area contributed by atoms with Gasteiger partial charge in [-0.15, -0.1) is 11.3 Å². The van der Waals surface area contributed by atoms with Crippen molar-refractivity contribution < 1.29 is 13.2 Å². The molecule has 26 heavy (non-hydrogen) atoms. The predicted octanol–water partition coefficient (Wildman–Crippen LogP) is 2.33. The molecule has 5 rings (SSSR count). The summed E-state index contributed by atoms with van der Waals surface area (Å²) in [5.41, 5.74) is 0.893. The van der Waals surface area contributed by atoms with Crippen LogP contribution in [0.4, 0.5) is 5.82 Å². The molecule has 2 aliphatic rings. The van der Waals surface area contributed by atoms with Gasteiger partial charge in [0.2, 0.25) is 10.0 Å². The maximum atomic E-state index is 13.1. The Labute approximate surface area is 154 Å². The van der Waals surface area contributed by atoms with E-state index in [-0.39, 0.29) is 17.0 Å². The first kappa shape index (κ1) is 16.0. The molecule has 2 atom stereocenters. The van der Waals surface area contributed by atoms with Gasteiger partial charge >= 0.3 is 0 Å². The van der Waals surface area contributed by atoms with Crippen molar-refractivity contribution >= 4 is 37.4 Å². The largest absolute Gasteiger partial charge is 0.490 e. The summed E-state index contributed by atoms with van der Waals surface area (Å²) in [6.45, 7) is 0.744. The number of hydrogen-bond acceptors (Lipinski definition) is 7. The Bertz CT molecular complexity index is 1080. The van der Waals surface area contributed by atoms with Crippen molar-refractivity contribution in [3.8, 4) is 5.75 Å². The molecule has 4 heterocycles. The SMILES string of the molecule is O=S1(=O)c2ccccc2OC[C@@H]2C[C@H](Nc3ncnc4ccsc34)CN21. The minimum absolute atomic E-state index is 0.0242. The standard InChI is InChI=1S/C17H16N4O3S2/c22-26(23)15-4-2-1-3-14(15)24-9-12-7-11(8-21(12)26)20-17-16-13(5-6-25-16)18-10-19-17/h1-6,10-12H,7-9H2,(H,18,19,20)/t11-,12-/m0/s1.